The number of nitrogens with zero attached hydrogens (tertiary/aromatic N) is 5. The molecule has 1 atom stereocenters. The van der Waals surface area contributed by atoms with Crippen LogP contribution in [0.1, 0.15) is 33.3 Å². The highest BCUT2D eigenvalue weighted by Gasteiger charge is 2.37. The van der Waals surface area contributed by atoms with Crippen molar-refractivity contribution in [3.8, 4) is 22.7 Å². The summed E-state index contributed by atoms with van der Waals surface area (Å²) in [4.78, 5) is 38.2. The quantitative estimate of drug-likeness (QED) is 0.209. The maximum Gasteiger partial charge on any atom is 0.407 e. The zero-order valence-electron chi connectivity index (χ0n) is 26.8. The molecule has 0 aliphatic carbocycles. The van der Waals surface area contributed by atoms with Crippen LogP contribution in [0.15, 0.2) is 53.3 Å². The van der Waals surface area contributed by atoms with Crippen LogP contribution in [0, 0.1) is 5.82 Å². The van der Waals surface area contributed by atoms with E-state index in [9.17, 15) is 19.8 Å². The molecule has 1 amide bonds. The Balaban J connectivity index is 1.70. The number of anilines is 1. The Morgan fingerprint density at radius 2 is 1.85 bits per heavy atom. The molecule has 1 saturated heterocycles. The van der Waals surface area contributed by atoms with Gasteiger partial charge in [0.25, 0.3) is 0 Å². The lowest BCUT2D eigenvalue weighted by atomic mass is 10.1. The van der Waals surface area contributed by atoms with Crippen molar-refractivity contribution >= 4 is 42.9 Å². The highest BCUT2D eigenvalue weighted by atomic mass is 35.5. The predicted molar refractivity (Wildman–Crippen MR) is 180 cm³/mol. The van der Waals surface area contributed by atoms with Crippen molar-refractivity contribution < 1.29 is 23.8 Å². The first-order chi connectivity index (χ1) is 21.6. The number of hydrogen-bond donors (Lipinski definition) is 2. The number of aromatic hydroxyl groups is 1. The van der Waals surface area contributed by atoms with E-state index in [1.807, 2.05) is 30.0 Å². The Hall–Kier alpha value is -4.00. The van der Waals surface area contributed by atoms with Crippen molar-refractivity contribution in [1.29, 1.82) is 0 Å². The summed E-state index contributed by atoms with van der Waals surface area (Å²) in [6, 6.07) is 12.6. The number of benzene rings is 2. The average molecular weight is 668 g/mol. The number of piperazine rings is 1. The summed E-state index contributed by atoms with van der Waals surface area (Å²) < 4.78 is 22.9. The number of halogens is 2. The molecule has 46 heavy (non-hydrogen) atoms. The largest absolute Gasteiger partial charge is 0.507 e. The minimum Gasteiger partial charge on any atom is -0.507 e. The minimum absolute atomic E-state index is 0.0300. The van der Waals surface area contributed by atoms with Crippen molar-refractivity contribution in [2.45, 2.75) is 58.3 Å². The normalized spacial score (nSPS) is 15.9. The second-order valence-electron chi connectivity index (χ2n) is 13.1. The van der Waals surface area contributed by atoms with Gasteiger partial charge in [0.15, 0.2) is 14.0 Å². The molecule has 1 fully saturated rings. The molecule has 3 heterocycles. The number of hydrogen-bond acceptors (Lipinski definition) is 7. The first kappa shape index (κ1) is 33.4. The van der Waals surface area contributed by atoms with E-state index in [0.717, 1.165) is 5.56 Å². The third-order valence-corrected chi connectivity index (χ3v) is 13.9. The van der Waals surface area contributed by atoms with E-state index in [0.29, 0.717) is 29.9 Å². The first-order valence-electron chi connectivity index (χ1n) is 15.2. The maximum atomic E-state index is 15.1. The molecule has 0 saturated carbocycles. The van der Waals surface area contributed by atoms with Gasteiger partial charge in [-0.2, -0.15) is 4.98 Å². The van der Waals surface area contributed by atoms with E-state index in [2.05, 4.69) is 38.8 Å². The fourth-order valence-electron chi connectivity index (χ4n) is 5.48. The molecule has 2 aromatic carbocycles. The van der Waals surface area contributed by atoms with Crippen LogP contribution in [0.2, 0.25) is 23.2 Å². The first-order valence-corrected chi connectivity index (χ1v) is 18.5. The van der Waals surface area contributed by atoms with Crippen LogP contribution < -0.4 is 10.6 Å². The lowest BCUT2D eigenvalue weighted by Gasteiger charge is -2.39. The van der Waals surface area contributed by atoms with E-state index in [-0.39, 0.29) is 58.4 Å². The number of para-hydroxylation sites is 1. The number of pyridine rings is 1. The van der Waals surface area contributed by atoms with Gasteiger partial charge in [0.05, 0.1) is 27.4 Å². The maximum absolute atomic E-state index is 15.1. The second-order valence-corrected chi connectivity index (χ2v) is 18.4. The molecule has 2 aromatic heterocycles. The van der Waals surface area contributed by atoms with E-state index in [4.69, 9.17) is 21.0 Å². The number of aromatic nitrogens is 3. The van der Waals surface area contributed by atoms with Crippen LogP contribution in [0.5, 0.6) is 5.75 Å². The molecule has 0 unspecified atom stereocenters. The monoisotopic (exact) mass is 667 g/mol. The van der Waals surface area contributed by atoms with Gasteiger partial charge in [-0.05, 0) is 61.3 Å². The third-order valence-electron chi connectivity index (χ3n) is 9.07. The molecule has 0 spiro atoms. The van der Waals surface area contributed by atoms with Crippen molar-refractivity contribution in [3.05, 3.63) is 75.4 Å². The van der Waals surface area contributed by atoms with Crippen LogP contribution in [-0.2, 0) is 10.8 Å². The zero-order chi connectivity index (χ0) is 33.6. The van der Waals surface area contributed by atoms with Gasteiger partial charge < -0.3 is 24.4 Å². The number of phenolic OH excluding ortho intramolecular Hbond substituents is 1. The number of phenols is 1. The van der Waals surface area contributed by atoms with Gasteiger partial charge in [-0.25, -0.2) is 23.5 Å². The highest BCUT2D eigenvalue weighted by Crippen LogP contribution is 2.39. The molecule has 10 nitrogen and oxygen atoms in total. The minimum atomic E-state index is -2.03. The van der Waals surface area contributed by atoms with Gasteiger partial charge in [-0.1, -0.05) is 56.6 Å². The fraction of sp³-hybridized carbons (Fsp3) is 0.394. The molecular weight excluding hydrogens is 629 g/mol. The van der Waals surface area contributed by atoms with Gasteiger partial charge in [-0.3, -0.25) is 0 Å². The van der Waals surface area contributed by atoms with Gasteiger partial charge in [0.2, 0.25) is 0 Å². The van der Waals surface area contributed by atoms with Gasteiger partial charge in [0.1, 0.15) is 17.4 Å². The molecule has 0 bridgehead atoms. The number of carbonyl (C=O) groups is 1. The van der Waals surface area contributed by atoms with Crippen molar-refractivity contribution in [2.75, 3.05) is 31.1 Å². The van der Waals surface area contributed by atoms with Crippen LogP contribution in [0.4, 0.5) is 15.0 Å². The SMILES string of the molecule is C[C@H]1CN(C(=O)O)CCN1c1nc(=O)n(-c2ccccc2CCO[Si](C)(C)C(C)(C)C)c2nc(-c3c(O)cccc3F)c(Cl)cc12. The Morgan fingerprint density at radius 3 is 2.50 bits per heavy atom. The smallest absolute Gasteiger partial charge is 0.407 e. The van der Waals surface area contributed by atoms with Crippen LogP contribution in [-0.4, -0.2) is 76.3 Å². The van der Waals surface area contributed by atoms with E-state index in [1.54, 1.807) is 12.1 Å². The molecular formula is C33H39ClFN5O5Si. The molecule has 2 N–H and O–H groups in total. The number of amides is 1. The molecule has 0 radical (unpaired) electrons. The number of carboxylic acid groups (broad SMARTS) is 1. The van der Waals surface area contributed by atoms with Crippen molar-refractivity contribution in [3.63, 3.8) is 0 Å². The number of rotatable bonds is 7. The second kappa shape index (κ2) is 12.7. The van der Waals surface area contributed by atoms with E-state index >= 15 is 4.39 Å². The Bertz CT molecular complexity index is 1840. The van der Waals surface area contributed by atoms with Crippen molar-refractivity contribution in [1.82, 2.24) is 19.4 Å². The number of fused-ring (bicyclic) bond motifs is 1. The van der Waals surface area contributed by atoms with Crippen LogP contribution >= 0.6 is 11.6 Å². The summed E-state index contributed by atoms with van der Waals surface area (Å²) in [5.74, 6) is -0.775. The molecule has 4 aromatic rings. The fourth-order valence-corrected chi connectivity index (χ4v) is 6.77. The van der Waals surface area contributed by atoms with E-state index < -0.39 is 25.9 Å². The molecule has 1 aliphatic rings. The summed E-state index contributed by atoms with van der Waals surface area (Å²) in [6.07, 6.45) is -0.505. The van der Waals surface area contributed by atoms with Crippen molar-refractivity contribution in [2.24, 2.45) is 0 Å². The Morgan fingerprint density at radius 1 is 1.13 bits per heavy atom. The Kier molecular flexibility index (Phi) is 9.18. The Labute approximate surface area is 273 Å². The highest BCUT2D eigenvalue weighted by molar-refractivity contribution is 6.74. The lowest BCUT2D eigenvalue weighted by Crippen LogP contribution is -2.54. The van der Waals surface area contributed by atoms with Gasteiger partial charge >= 0.3 is 11.8 Å². The summed E-state index contributed by atoms with van der Waals surface area (Å²) in [5.41, 5.74) is 0.699. The van der Waals surface area contributed by atoms with Crippen LogP contribution in [0.25, 0.3) is 28.0 Å². The summed E-state index contributed by atoms with van der Waals surface area (Å²) in [6.45, 7) is 13.9. The topological polar surface area (TPSA) is 121 Å². The lowest BCUT2D eigenvalue weighted by molar-refractivity contribution is 0.136. The molecule has 5 rings (SSSR count). The zero-order valence-corrected chi connectivity index (χ0v) is 28.6. The van der Waals surface area contributed by atoms with Gasteiger partial charge in [-0.15, -0.1) is 0 Å². The van der Waals surface area contributed by atoms with E-state index in [1.165, 1.54) is 27.7 Å². The molecule has 1 aliphatic heterocycles. The summed E-state index contributed by atoms with van der Waals surface area (Å²) >= 11 is 6.74. The standard InChI is InChI=1S/C33H39ClFN5O5Si/c1-20-19-38(32(43)44)15-16-39(20)29-22-18-23(34)28(27-24(35)11-9-13-26(27)41)36-30(22)40(31(42)37-29)25-12-8-7-10-21(25)14-17-45-46(5,6)33(2,3)4/h7-13,18,20,41H,14-17,19H2,1-6H3,(H,43,44)/t20-/m0/s1. The summed E-state index contributed by atoms with van der Waals surface area (Å²) in [5, 5.41) is 20.7. The molecule has 244 valence electrons. The van der Waals surface area contributed by atoms with Gasteiger partial charge in [0, 0.05) is 32.3 Å². The predicted octanol–water partition coefficient (Wildman–Crippen LogP) is 6.70. The third kappa shape index (κ3) is 6.33. The summed E-state index contributed by atoms with van der Waals surface area (Å²) in [7, 11) is -2.03. The van der Waals surface area contributed by atoms with Crippen LogP contribution in [0.3, 0.4) is 0 Å². The average Bonchev–Trinajstić information content (AvgIpc) is 2.97. The molecule has 13 heteroatoms.